The lowest BCUT2D eigenvalue weighted by atomic mass is 10.0. The summed E-state index contributed by atoms with van der Waals surface area (Å²) >= 11 is 0. The van der Waals surface area contributed by atoms with Gasteiger partial charge in [-0.2, -0.15) is 0 Å². The fourth-order valence-corrected chi connectivity index (χ4v) is 1.81. The molecule has 0 spiro atoms. The van der Waals surface area contributed by atoms with Crippen LogP contribution in [0.5, 0.6) is 0 Å². The molecule has 4 nitrogen and oxygen atoms in total. The molecule has 0 radical (unpaired) electrons. The number of rotatable bonds is 4. The van der Waals surface area contributed by atoms with Gasteiger partial charge in [-0.25, -0.2) is 0 Å². The smallest absolute Gasteiger partial charge is 0.243 e. The van der Waals surface area contributed by atoms with Gasteiger partial charge in [0.2, 0.25) is 5.91 Å². The van der Waals surface area contributed by atoms with Gasteiger partial charge in [0.1, 0.15) is 6.04 Å². The molecule has 4 heteroatoms. The molecule has 0 aliphatic heterocycles. The van der Waals surface area contributed by atoms with Gasteiger partial charge in [-0.1, -0.05) is 42.0 Å². The van der Waals surface area contributed by atoms with Crippen LogP contribution in [0.3, 0.4) is 0 Å². The summed E-state index contributed by atoms with van der Waals surface area (Å²) in [5.41, 5.74) is 9.52. The zero-order chi connectivity index (χ0) is 14.5. The molecule has 104 valence electrons. The largest absolute Gasteiger partial charge is 0.394 e. The van der Waals surface area contributed by atoms with Gasteiger partial charge in [0, 0.05) is 5.69 Å². The second-order valence-corrected chi connectivity index (χ2v) is 4.72. The van der Waals surface area contributed by atoms with Crippen LogP contribution in [0.25, 0.3) is 11.1 Å². The Kier molecular flexibility index (Phi) is 4.50. The number of aliphatic hydroxyl groups is 1. The van der Waals surface area contributed by atoms with Crippen molar-refractivity contribution in [2.75, 3.05) is 11.9 Å². The Morgan fingerprint density at radius 2 is 1.60 bits per heavy atom. The molecule has 0 aliphatic rings. The molecule has 2 aromatic rings. The number of aryl methyl sites for hydroxylation is 1. The molecule has 20 heavy (non-hydrogen) atoms. The molecule has 1 atom stereocenters. The van der Waals surface area contributed by atoms with Crippen molar-refractivity contribution in [3.63, 3.8) is 0 Å². The Balaban J connectivity index is 2.10. The highest BCUT2D eigenvalue weighted by molar-refractivity contribution is 5.94. The molecule has 4 N–H and O–H groups in total. The van der Waals surface area contributed by atoms with Gasteiger partial charge in [-0.05, 0) is 30.2 Å². The van der Waals surface area contributed by atoms with Crippen LogP contribution in [0.15, 0.2) is 48.5 Å². The average Bonchev–Trinajstić information content (AvgIpc) is 2.48. The normalized spacial score (nSPS) is 11.9. The number of nitrogens with one attached hydrogen (secondary N) is 1. The molecule has 0 bridgehead atoms. The van der Waals surface area contributed by atoms with E-state index in [1.165, 1.54) is 5.56 Å². The van der Waals surface area contributed by atoms with E-state index in [1.54, 1.807) is 0 Å². The van der Waals surface area contributed by atoms with Gasteiger partial charge < -0.3 is 16.2 Å². The molecule has 0 unspecified atom stereocenters. The van der Waals surface area contributed by atoms with Crippen molar-refractivity contribution in [1.29, 1.82) is 0 Å². The van der Waals surface area contributed by atoms with Crippen LogP contribution in [0.4, 0.5) is 5.69 Å². The van der Waals surface area contributed by atoms with Crippen molar-refractivity contribution in [2.45, 2.75) is 13.0 Å². The fraction of sp³-hybridized carbons (Fsp3) is 0.188. The van der Waals surface area contributed by atoms with E-state index in [9.17, 15) is 4.79 Å². The SMILES string of the molecule is Cc1ccc(-c2ccc(NC(=O)[C@@H](N)CO)cc2)cc1. The molecule has 0 aliphatic carbocycles. The number of anilines is 1. The van der Waals surface area contributed by atoms with E-state index in [2.05, 4.69) is 29.6 Å². The topological polar surface area (TPSA) is 75.4 Å². The van der Waals surface area contributed by atoms with Crippen molar-refractivity contribution >= 4 is 11.6 Å². The van der Waals surface area contributed by atoms with Crippen molar-refractivity contribution < 1.29 is 9.90 Å². The summed E-state index contributed by atoms with van der Waals surface area (Å²) < 4.78 is 0. The van der Waals surface area contributed by atoms with Gasteiger partial charge in [-0.3, -0.25) is 4.79 Å². The summed E-state index contributed by atoms with van der Waals surface area (Å²) in [5.74, 6) is -0.393. The summed E-state index contributed by atoms with van der Waals surface area (Å²) in [7, 11) is 0. The minimum atomic E-state index is -0.897. The second kappa shape index (κ2) is 6.32. The van der Waals surface area contributed by atoms with Gasteiger partial charge in [0.05, 0.1) is 6.61 Å². The predicted octanol–water partition coefficient (Wildman–Crippen LogP) is 1.92. The lowest BCUT2D eigenvalue weighted by molar-refractivity contribution is -0.118. The summed E-state index contributed by atoms with van der Waals surface area (Å²) in [5, 5.41) is 11.5. The Bertz CT molecular complexity index is 576. The fourth-order valence-electron chi connectivity index (χ4n) is 1.81. The Morgan fingerprint density at radius 3 is 2.10 bits per heavy atom. The predicted molar refractivity (Wildman–Crippen MR) is 80.3 cm³/mol. The van der Waals surface area contributed by atoms with Crippen LogP contribution in [0.2, 0.25) is 0 Å². The zero-order valence-corrected chi connectivity index (χ0v) is 11.3. The molecule has 0 heterocycles. The summed E-state index contributed by atoms with van der Waals surface area (Å²) in [4.78, 5) is 11.5. The van der Waals surface area contributed by atoms with Crippen LogP contribution in [-0.2, 0) is 4.79 Å². The first kappa shape index (κ1) is 14.2. The summed E-state index contributed by atoms with van der Waals surface area (Å²) in [6.45, 7) is 1.68. The van der Waals surface area contributed by atoms with E-state index >= 15 is 0 Å². The van der Waals surface area contributed by atoms with Crippen LogP contribution < -0.4 is 11.1 Å². The van der Waals surface area contributed by atoms with Crippen molar-refractivity contribution in [1.82, 2.24) is 0 Å². The summed E-state index contributed by atoms with van der Waals surface area (Å²) in [6.07, 6.45) is 0. The van der Waals surface area contributed by atoms with Crippen molar-refractivity contribution in [3.8, 4) is 11.1 Å². The van der Waals surface area contributed by atoms with E-state index in [4.69, 9.17) is 10.8 Å². The number of hydrogen-bond acceptors (Lipinski definition) is 3. The molecule has 0 fully saturated rings. The summed E-state index contributed by atoms with van der Waals surface area (Å²) in [6, 6.07) is 14.8. The third-order valence-corrected chi connectivity index (χ3v) is 3.07. The first-order chi connectivity index (χ1) is 9.60. The van der Waals surface area contributed by atoms with Gasteiger partial charge in [0.25, 0.3) is 0 Å². The zero-order valence-electron chi connectivity index (χ0n) is 11.3. The minimum Gasteiger partial charge on any atom is -0.394 e. The van der Waals surface area contributed by atoms with E-state index in [1.807, 2.05) is 31.2 Å². The number of hydrogen-bond donors (Lipinski definition) is 3. The molecule has 2 aromatic carbocycles. The lowest BCUT2D eigenvalue weighted by Crippen LogP contribution is -2.38. The minimum absolute atomic E-state index is 0.368. The van der Waals surface area contributed by atoms with Gasteiger partial charge >= 0.3 is 0 Å². The lowest BCUT2D eigenvalue weighted by Gasteiger charge is -2.10. The maximum absolute atomic E-state index is 11.5. The molecule has 0 saturated heterocycles. The highest BCUT2D eigenvalue weighted by Crippen LogP contribution is 2.21. The maximum atomic E-state index is 11.5. The van der Waals surface area contributed by atoms with E-state index in [0.29, 0.717) is 5.69 Å². The number of nitrogens with two attached hydrogens (primary N) is 1. The van der Waals surface area contributed by atoms with E-state index in [0.717, 1.165) is 11.1 Å². The van der Waals surface area contributed by atoms with Crippen molar-refractivity contribution in [3.05, 3.63) is 54.1 Å². The Labute approximate surface area is 118 Å². The first-order valence-corrected chi connectivity index (χ1v) is 6.44. The molecule has 0 saturated carbocycles. The van der Waals surface area contributed by atoms with Crippen LogP contribution in [0, 0.1) is 6.92 Å². The molecule has 0 aromatic heterocycles. The Morgan fingerprint density at radius 1 is 1.10 bits per heavy atom. The van der Waals surface area contributed by atoms with Gasteiger partial charge in [0.15, 0.2) is 0 Å². The van der Waals surface area contributed by atoms with Gasteiger partial charge in [-0.15, -0.1) is 0 Å². The standard InChI is InChI=1S/C16H18N2O2/c1-11-2-4-12(5-3-11)13-6-8-14(9-7-13)18-16(20)15(17)10-19/h2-9,15,19H,10,17H2,1H3,(H,18,20)/t15-/m0/s1. The molecular formula is C16H18N2O2. The third-order valence-electron chi connectivity index (χ3n) is 3.07. The number of benzene rings is 2. The number of aliphatic hydroxyl groups excluding tert-OH is 1. The highest BCUT2D eigenvalue weighted by atomic mass is 16.3. The average molecular weight is 270 g/mol. The monoisotopic (exact) mass is 270 g/mol. The Hall–Kier alpha value is -2.17. The van der Waals surface area contributed by atoms with E-state index < -0.39 is 11.9 Å². The first-order valence-electron chi connectivity index (χ1n) is 6.44. The van der Waals surface area contributed by atoms with Crippen LogP contribution in [-0.4, -0.2) is 23.7 Å². The maximum Gasteiger partial charge on any atom is 0.243 e. The molecule has 1 amide bonds. The van der Waals surface area contributed by atoms with Crippen LogP contribution >= 0.6 is 0 Å². The van der Waals surface area contributed by atoms with Crippen LogP contribution in [0.1, 0.15) is 5.56 Å². The number of amides is 1. The van der Waals surface area contributed by atoms with Crippen molar-refractivity contribution in [2.24, 2.45) is 5.73 Å². The second-order valence-electron chi connectivity index (χ2n) is 4.72. The molecule has 2 rings (SSSR count). The van der Waals surface area contributed by atoms with E-state index in [-0.39, 0.29) is 6.61 Å². The molecular weight excluding hydrogens is 252 g/mol. The quantitative estimate of drug-likeness (QED) is 0.794. The number of carbonyl (C=O) groups excluding carboxylic acids is 1. The highest BCUT2D eigenvalue weighted by Gasteiger charge is 2.11. The number of carbonyl (C=O) groups is 1. The third kappa shape index (κ3) is 3.44.